The maximum atomic E-state index is 13.4. The van der Waals surface area contributed by atoms with Gasteiger partial charge in [-0.3, -0.25) is 9.48 Å². The third-order valence-electron chi connectivity index (χ3n) is 4.68. The number of piperidine rings is 1. The average Bonchev–Trinajstić information content (AvgIpc) is 3.08. The molecule has 134 valence electrons. The van der Waals surface area contributed by atoms with E-state index in [1.807, 2.05) is 33.8 Å². The Hall–Kier alpha value is -2.14. The van der Waals surface area contributed by atoms with Gasteiger partial charge in [0.15, 0.2) is 0 Å². The van der Waals surface area contributed by atoms with Crippen molar-refractivity contribution in [3.8, 4) is 0 Å². The first-order valence-corrected chi connectivity index (χ1v) is 9.22. The van der Waals surface area contributed by atoms with Crippen LogP contribution in [0.1, 0.15) is 42.7 Å². The smallest absolute Gasteiger partial charge is 0.272 e. The van der Waals surface area contributed by atoms with Gasteiger partial charge in [0.1, 0.15) is 5.69 Å². The summed E-state index contributed by atoms with van der Waals surface area (Å²) in [6, 6.07) is 12.4. The number of hydrogen-bond donors (Lipinski definition) is 1. The third kappa shape index (κ3) is 4.48. The fourth-order valence-electron chi connectivity index (χ4n) is 3.42. The van der Waals surface area contributed by atoms with E-state index in [2.05, 4.69) is 36.4 Å². The normalized spacial score (nSPS) is 15.5. The molecule has 5 nitrogen and oxygen atoms in total. The number of aromatic nitrogens is 2. The van der Waals surface area contributed by atoms with E-state index < -0.39 is 0 Å². The molecule has 0 spiro atoms. The van der Waals surface area contributed by atoms with E-state index in [0.29, 0.717) is 18.2 Å². The van der Waals surface area contributed by atoms with Gasteiger partial charge >= 0.3 is 0 Å². The van der Waals surface area contributed by atoms with Gasteiger partial charge < -0.3 is 10.2 Å². The van der Waals surface area contributed by atoms with Gasteiger partial charge in [-0.2, -0.15) is 5.10 Å². The molecule has 5 heteroatoms. The molecule has 2 aromatic rings. The first kappa shape index (κ1) is 17.7. The van der Waals surface area contributed by atoms with Crippen molar-refractivity contribution in [1.82, 2.24) is 20.0 Å². The van der Waals surface area contributed by atoms with Gasteiger partial charge in [0.05, 0.1) is 0 Å². The van der Waals surface area contributed by atoms with E-state index in [4.69, 9.17) is 0 Å². The molecule has 1 saturated heterocycles. The lowest BCUT2D eigenvalue weighted by atomic mass is 10.0. The van der Waals surface area contributed by atoms with E-state index in [0.717, 1.165) is 32.5 Å². The molecule has 0 radical (unpaired) electrons. The van der Waals surface area contributed by atoms with Gasteiger partial charge in [0.25, 0.3) is 5.91 Å². The lowest BCUT2D eigenvalue weighted by molar-refractivity contribution is 0.0609. The molecular weight excluding hydrogens is 312 g/mol. The zero-order valence-electron chi connectivity index (χ0n) is 15.2. The second-order valence-electron chi connectivity index (χ2n) is 7.19. The minimum Gasteiger partial charge on any atom is -0.330 e. The maximum Gasteiger partial charge on any atom is 0.272 e. The van der Waals surface area contributed by atoms with Gasteiger partial charge in [-0.25, -0.2) is 0 Å². The van der Waals surface area contributed by atoms with Crippen LogP contribution in [0.15, 0.2) is 42.6 Å². The van der Waals surface area contributed by atoms with Crippen molar-refractivity contribution in [2.24, 2.45) is 5.92 Å². The highest BCUT2D eigenvalue weighted by Crippen LogP contribution is 2.19. The van der Waals surface area contributed by atoms with E-state index in [1.54, 1.807) is 6.20 Å². The van der Waals surface area contributed by atoms with Crippen LogP contribution in [-0.4, -0.2) is 39.7 Å². The maximum absolute atomic E-state index is 13.4. The van der Waals surface area contributed by atoms with Crippen molar-refractivity contribution >= 4 is 5.91 Å². The highest BCUT2D eigenvalue weighted by molar-refractivity contribution is 5.92. The number of nitrogens with zero attached hydrogens (tertiary/aromatic N) is 3. The molecule has 0 bridgehead atoms. The zero-order valence-corrected chi connectivity index (χ0v) is 15.2. The fourth-order valence-corrected chi connectivity index (χ4v) is 3.42. The summed E-state index contributed by atoms with van der Waals surface area (Å²) in [5, 5.41) is 7.76. The highest BCUT2D eigenvalue weighted by atomic mass is 16.2. The molecule has 3 rings (SSSR count). The standard InChI is InChI=1S/C20H28N4O/c1-16(2)14-24-19(10-13-22-24)20(25)23(18-8-11-21-12-9-18)15-17-6-4-3-5-7-17/h3-7,10,13,16,18,21H,8-9,11-12,14-15H2,1-2H3. The largest absolute Gasteiger partial charge is 0.330 e. The summed E-state index contributed by atoms with van der Waals surface area (Å²) in [5.41, 5.74) is 1.87. The molecule has 0 atom stereocenters. The van der Waals surface area contributed by atoms with Crippen molar-refractivity contribution in [1.29, 1.82) is 0 Å². The number of carbonyl (C=O) groups is 1. The van der Waals surface area contributed by atoms with Gasteiger partial charge in [-0.05, 0) is 43.5 Å². The Labute approximate surface area is 150 Å². The van der Waals surface area contributed by atoms with E-state index in [1.165, 1.54) is 5.56 Å². The topological polar surface area (TPSA) is 50.2 Å². The van der Waals surface area contributed by atoms with Crippen molar-refractivity contribution < 1.29 is 4.79 Å². The number of benzene rings is 1. The van der Waals surface area contributed by atoms with Crippen LogP contribution in [0.25, 0.3) is 0 Å². The molecular formula is C20H28N4O. The molecule has 1 amide bonds. The summed E-state index contributed by atoms with van der Waals surface area (Å²) in [6.07, 6.45) is 3.73. The van der Waals surface area contributed by atoms with E-state index in [9.17, 15) is 4.79 Å². The lowest BCUT2D eigenvalue weighted by Crippen LogP contribution is -2.46. The minimum atomic E-state index is 0.0916. The summed E-state index contributed by atoms with van der Waals surface area (Å²) in [6.45, 7) is 7.63. The monoisotopic (exact) mass is 340 g/mol. The summed E-state index contributed by atoms with van der Waals surface area (Å²) in [7, 11) is 0. The highest BCUT2D eigenvalue weighted by Gasteiger charge is 2.28. The Balaban J connectivity index is 1.85. The molecule has 0 saturated carbocycles. The molecule has 25 heavy (non-hydrogen) atoms. The van der Waals surface area contributed by atoms with Crippen LogP contribution in [0.4, 0.5) is 0 Å². The van der Waals surface area contributed by atoms with Gasteiger partial charge in [-0.1, -0.05) is 44.2 Å². The first-order valence-electron chi connectivity index (χ1n) is 9.22. The predicted molar refractivity (Wildman–Crippen MR) is 99.3 cm³/mol. The van der Waals surface area contributed by atoms with Gasteiger partial charge in [0, 0.05) is 25.3 Å². The summed E-state index contributed by atoms with van der Waals surface area (Å²) in [4.78, 5) is 15.4. The number of rotatable bonds is 6. The molecule has 1 aromatic heterocycles. The second kappa shape index (κ2) is 8.30. The number of nitrogens with one attached hydrogen (secondary N) is 1. The first-order chi connectivity index (χ1) is 12.1. The predicted octanol–water partition coefficient (Wildman–Crippen LogP) is 2.93. The van der Waals surface area contributed by atoms with Crippen LogP contribution >= 0.6 is 0 Å². The molecule has 2 heterocycles. The van der Waals surface area contributed by atoms with Crippen LogP contribution in [0.3, 0.4) is 0 Å². The van der Waals surface area contributed by atoms with E-state index in [-0.39, 0.29) is 11.9 Å². The van der Waals surface area contributed by atoms with Crippen molar-refractivity contribution in [2.45, 2.75) is 45.8 Å². The van der Waals surface area contributed by atoms with E-state index >= 15 is 0 Å². The summed E-state index contributed by atoms with van der Waals surface area (Å²) in [5.74, 6) is 0.543. The van der Waals surface area contributed by atoms with Crippen molar-refractivity contribution in [3.05, 3.63) is 53.9 Å². The van der Waals surface area contributed by atoms with Gasteiger partial charge in [-0.15, -0.1) is 0 Å². The van der Waals surface area contributed by atoms with Crippen LogP contribution in [0, 0.1) is 5.92 Å². The molecule has 1 aliphatic rings. The number of amides is 1. The fraction of sp³-hybridized carbons (Fsp3) is 0.500. The minimum absolute atomic E-state index is 0.0916. The Kier molecular flexibility index (Phi) is 5.87. The zero-order chi connectivity index (χ0) is 17.6. The SMILES string of the molecule is CC(C)Cn1nccc1C(=O)N(Cc1ccccc1)C1CCNCC1. The van der Waals surface area contributed by atoms with Crippen molar-refractivity contribution in [2.75, 3.05) is 13.1 Å². The third-order valence-corrected chi connectivity index (χ3v) is 4.68. The van der Waals surface area contributed by atoms with Crippen LogP contribution in [0.5, 0.6) is 0 Å². The molecule has 1 N–H and O–H groups in total. The lowest BCUT2D eigenvalue weighted by Gasteiger charge is -2.35. The molecule has 0 aliphatic carbocycles. The summed E-state index contributed by atoms with van der Waals surface area (Å²) < 4.78 is 1.85. The second-order valence-corrected chi connectivity index (χ2v) is 7.19. The quantitative estimate of drug-likeness (QED) is 0.880. The van der Waals surface area contributed by atoms with Crippen LogP contribution in [0.2, 0.25) is 0 Å². The molecule has 1 aromatic carbocycles. The number of hydrogen-bond acceptors (Lipinski definition) is 3. The van der Waals surface area contributed by atoms with Crippen molar-refractivity contribution in [3.63, 3.8) is 0 Å². The Morgan fingerprint density at radius 2 is 1.96 bits per heavy atom. The Bertz CT molecular complexity index is 674. The Morgan fingerprint density at radius 1 is 1.24 bits per heavy atom. The number of carbonyl (C=O) groups excluding carboxylic acids is 1. The molecule has 1 aliphatic heterocycles. The molecule has 0 unspecified atom stereocenters. The molecule has 1 fully saturated rings. The van der Waals surface area contributed by atoms with Crippen LogP contribution in [-0.2, 0) is 13.1 Å². The van der Waals surface area contributed by atoms with Gasteiger partial charge in [0.2, 0.25) is 0 Å². The van der Waals surface area contributed by atoms with Crippen LogP contribution < -0.4 is 5.32 Å². The summed E-state index contributed by atoms with van der Waals surface area (Å²) >= 11 is 0. The Morgan fingerprint density at radius 3 is 2.64 bits per heavy atom. The average molecular weight is 340 g/mol.